The average Bonchev–Trinajstić information content (AvgIpc) is 2.52. The van der Waals surface area contributed by atoms with Gasteiger partial charge >= 0.3 is 11.9 Å². The molecule has 136 valence electrons. The van der Waals surface area contributed by atoms with Crippen LogP contribution >= 0.6 is 0 Å². The summed E-state index contributed by atoms with van der Waals surface area (Å²) in [5.41, 5.74) is 0.386. The van der Waals surface area contributed by atoms with E-state index in [1.807, 2.05) is 13.8 Å². The summed E-state index contributed by atoms with van der Waals surface area (Å²) in [5.74, 6) is -2.14. The van der Waals surface area contributed by atoms with Crippen LogP contribution in [0.5, 0.6) is 0 Å². The summed E-state index contributed by atoms with van der Waals surface area (Å²) < 4.78 is 9.57. The van der Waals surface area contributed by atoms with Crippen LogP contribution in [0.3, 0.4) is 0 Å². The average molecular weight is 342 g/mol. The second-order valence-corrected chi connectivity index (χ2v) is 4.63. The summed E-state index contributed by atoms with van der Waals surface area (Å²) in [6.45, 7) is 7.70. The molecular weight excluding hydrogens is 316 g/mol. The Kier molecular flexibility index (Phi) is 10.1. The minimum Gasteiger partial charge on any atom is -0.466 e. The van der Waals surface area contributed by atoms with E-state index in [4.69, 9.17) is 4.74 Å². The third-order valence-electron chi connectivity index (χ3n) is 2.94. The maximum absolute atomic E-state index is 11.9. The maximum Gasteiger partial charge on any atom is 0.336 e. The van der Waals surface area contributed by atoms with Crippen LogP contribution in [0, 0.1) is 0 Å². The number of hydrogen-bond donors (Lipinski definition) is 1. The van der Waals surface area contributed by atoms with Crippen LogP contribution < -0.4 is 5.32 Å². The SMILES string of the molecule is CC.CCOC(=O)CC(=O)NC1=C(C(=O)OCC)CC(=O)N(C)C1. The Labute approximate surface area is 142 Å². The zero-order valence-electron chi connectivity index (χ0n) is 14.9. The fourth-order valence-electron chi connectivity index (χ4n) is 1.90. The number of hydrogen-bond acceptors (Lipinski definition) is 6. The molecule has 0 unspecified atom stereocenters. The van der Waals surface area contributed by atoms with Gasteiger partial charge in [-0.1, -0.05) is 13.8 Å². The largest absolute Gasteiger partial charge is 0.466 e. The monoisotopic (exact) mass is 342 g/mol. The summed E-state index contributed by atoms with van der Waals surface area (Å²) in [5, 5.41) is 2.49. The van der Waals surface area contributed by atoms with Gasteiger partial charge < -0.3 is 19.7 Å². The molecule has 1 rings (SSSR count). The second kappa shape index (κ2) is 11.2. The van der Waals surface area contributed by atoms with E-state index in [0.717, 1.165) is 0 Å². The molecule has 24 heavy (non-hydrogen) atoms. The number of nitrogens with one attached hydrogen (secondary N) is 1. The van der Waals surface area contributed by atoms with Gasteiger partial charge in [0, 0.05) is 12.7 Å². The van der Waals surface area contributed by atoms with Gasteiger partial charge in [-0.15, -0.1) is 0 Å². The molecule has 0 aliphatic carbocycles. The third-order valence-corrected chi connectivity index (χ3v) is 2.94. The molecule has 0 aromatic rings. The predicted octanol–water partition coefficient (Wildman–Crippen LogP) is 0.761. The van der Waals surface area contributed by atoms with Gasteiger partial charge in [0.15, 0.2) is 0 Å². The van der Waals surface area contributed by atoms with Gasteiger partial charge in [-0.2, -0.15) is 0 Å². The molecule has 8 heteroatoms. The molecule has 8 nitrogen and oxygen atoms in total. The summed E-state index contributed by atoms with van der Waals surface area (Å²) in [6.07, 6.45) is -0.602. The van der Waals surface area contributed by atoms with Gasteiger partial charge in [-0.3, -0.25) is 14.4 Å². The zero-order valence-corrected chi connectivity index (χ0v) is 14.9. The standard InChI is InChI=1S/C14H20N2O6.C2H6/c1-4-21-13(19)7-11(17)15-10-8-16(3)12(18)6-9(10)14(20)22-5-2;1-2/h4-8H2,1-3H3,(H,15,17);1-2H3. The summed E-state index contributed by atoms with van der Waals surface area (Å²) in [6, 6.07) is 0. The first kappa shape index (κ1) is 21.6. The van der Waals surface area contributed by atoms with Gasteiger partial charge in [0.25, 0.3) is 0 Å². The normalized spacial score (nSPS) is 13.7. The highest BCUT2D eigenvalue weighted by Crippen LogP contribution is 2.18. The molecule has 1 N–H and O–H groups in total. The third kappa shape index (κ3) is 6.80. The number of likely N-dealkylation sites (N-methyl/N-ethyl adjacent to an activating group) is 1. The molecule has 0 radical (unpaired) electrons. The molecule has 0 saturated carbocycles. The van der Waals surface area contributed by atoms with Gasteiger partial charge in [-0.25, -0.2) is 4.79 Å². The minimum atomic E-state index is -0.654. The van der Waals surface area contributed by atoms with Gasteiger partial charge in [0.1, 0.15) is 6.42 Å². The van der Waals surface area contributed by atoms with E-state index in [2.05, 4.69) is 10.1 Å². The Morgan fingerprint density at radius 1 is 1.12 bits per heavy atom. The Morgan fingerprint density at radius 2 is 1.71 bits per heavy atom. The molecule has 0 fully saturated rings. The van der Waals surface area contributed by atoms with Crippen molar-refractivity contribution in [1.82, 2.24) is 10.2 Å². The van der Waals surface area contributed by atoms with E-state index in [1.165, 1.54) is 4.90 Å². The van der Waals surface area contributed by atoms with Crippen molar-refractivity contribution in [3.05, 3.63) is 11.3 Å². The number of rotatable bonds is 6. The maximum atomic E-state index is 11.9. The summed E-state index contributed by atoms with van der Waals surface area (Å²) >= 11 is 0. The molecule has 1 heterocycles. The first-order chi connectivity index (χ1) is 11.4. The van der Waals surface area contributed by atoms with E-state index in [-0.39, 0.29) is 43.4 Å². The number of nitrogens with zero attached hydrogens (tertiary/aromatic N) is 1. The molecule has 1 aliphatic heterocycles. The van der Waals surface area contributed by atoms with Crippen molar-refractivity contribution >= 4 is 23.8 Å². The minimum absolute atomic E-state index is 0.0710. The lowest BCUT2D eigenvalue weighted by molar-refractivity contribution is -0.146. The fraction of sp³-hybridized carbons (Fsp3) is 0.625. The predicted molar refractivity (Wildman–Crippen MR) is 86.7 cm³/mol. The summed E-state index contributed by atoms with van der Waals surface area (Å²) in [4.78, 5) is 48.0. The van der Waals surface area contributed by atoms with Crippen molar-refractivity contribution in [1.29, 1.82) is 0 Å². The number of amides is 2. The topological polar surface area (TPSA) is 102 Å². The number of esters is 2. The molecule has 0 aromatic heterocycles. The van der Waals surface area contributed by atoms with Crippen LogP contribution in [0.1, 0.15) is 40.5 Å². The van der Waals surface area contributed by atoms with E-state index in [9.17, 15) is 19.2 Å². The molecule has 1 aliphatic rings. The number of ether oxygens (including phenoxy) is 2. The molecule has 0 bridgehead atoms. The van der Waals surface area contributed by atoms with Crippen LogP contribution in [0.4, 0.5) is 0 Å². The van der Waals surface area contributed by atoms with E-state index < -0.39 is 24.3 Å². The lowest BCUT2D eigenvalue weighted by Gasteiger charge is -2.27. The van der Waals surface area contributed by atoms with E-state index in [1.54, 1.807) is 20.9 Å². The molecule has 0 atom stereocenters. The van der Waals surface area contributed by atoms with Gasteiger partial charge in [-0.05, 0) is 13.8 Å². The van der Waals surface area contributed by atoms with Crippen molar-refractivity contribution in [3.63, 3.8) is 0 Å². The Hall–Kier alpha value is -2.38. The Morgan fingerprint density at radius 3 is 2.25 bits per heavy atom. The fourth-order valence-corrected chi connectivity index (χ4v) is 1.90. The number of carbonyl (C=O) groups is 4. The highest BCUT2D eigenvalue weighted by atomic mass is 16.5. The number of carbonyl (C=O) groups excluding carboxylic acids is 4. The van der Waals surface area contributed by atoms with Crippen LogP contribution in [-0.2, 0) is 28.7 Å². The van der Waals surface area contributed by atoms with Crippen LogP contribution in [0.15, 0.2) is 11.3 Å². The van der Waals surface area contributed by atoms with Crippen molar-refractivity contribution in [2.24, 2.45) is 0 Å². The lowest BCUT2D eigenvalue weighted by Crippen LogP contribution is -2.41. The molecular formula is C16H26N2O6. The van der Waals surface area contributed by atoms with E-state index in [0.29, 0.717) is 0 Å². The first-order valence-electron chi connectivity index (χ1n) is 7.97. The first-order valence-corrected chi connectivity index (χ1v) is 7.97. The quantitative estimate of drug-likeness (QED) is 0.565. The zero-order chi connectivity index (χ0) is 18.7. The summed E-state index contributed by atoms with van der Waals surface area (Å²) in [7, 11) is 1.56. The molecule has 0 saturated heterocycles. The molecule has 2 amide bonds. The highest BCUT2D eigenvalue weighted by Gasteiger charge is 2.29. The van der Waals surface area contributed by atoms with Crippen LogP contribution in [-0.4, -0.2) is 55.5 Å². The van der Waals surface area contributed by atoms with Gasteiger partial charge in [0.05, 0.1) is 31.8 Å². The van der Waals surface area contributed by atoms with Gasteiger partial charge in [0.2, 0.25) is 11.8 Å². The van der Waals surface area contributed by atoms with Crippen molar-refractivity contribution in [3.8, 4) is 0 Å². The van der Waals surface area contributed by atoms with Crippen LogP contribution in [0.2, 0.25) is 0 Å². The molecule has 0 aromatic carbocycles. The Balaban J connectivity index is 0.00000254. The molecule has 0 spiro atoms. The van der Waals surface area contributed by atoms with Crippen molar-refractivity contribution in [2.75, 3.05) is 26.8 Å². The highest BCUT2D eigenvalue weighted by molar-refractivity contribution is 6.00. The van der Waals surface area contributed by atoms with Crippen LogP contribution in [0.25, 0.3) is 0 Å². The smallest absolute Gasteiger partial charge is 0.336 e. The van der Waals surface area contributed by atoms with Crippen molar-refractivity contribution < 1.29 is 28.7 Å². The van der Waals surface area contributed by atoms with Crippen molar-refractivity contribution in [2.45, 2.75) is 40.5 Å². The van der Waals surface area contributed by atoms with E-state index >= 15 is 0 Å². The Bertz CT molecular complexity index is 513. The second-order valence-electron chi connectivity index (χ2n) is 4.63. The lowest BCUT2D eigenvalue weighted by atomic mass is 10.0.